The fraction of sp³-hybridized carbons (Fsp3) is 0.800. The van der Waals surface area contributed by atoms with E-state index in [2.05, 4.69) is 20.4 Å². The van der Waals surface area contributed by atoms with E-state index in [-0.39, 0.29) is 23.4 Å². The van der Waals surface area contributed by atoms with Crippen molar-refractivity contribution in [2.24, 2.45) is 17.3 Å². The molecule has 18 heavy (non-hydrogen) atoms. The van der Waals surface area contributed by atoms with Crippen LogP contribution >= 0.6 is 0 Å². The molecular formula is C15H22O3. The Kier molecular flexibility index (Phi) is 2.44. The van der Waals surface area contributed by atoms with Gasteiger partial charge in [-0.25, -0.2) is 4.79 Å². The van der Waals surface area contributed by atoms with Crippen LogP contribution in [0.25, 0.3) is 0 Å². The quantitative estimate of drug-likeness (QED) is 0.530. The molecule has 1 N–H and O–H groups in total. The second kappa shape index (κ2) is 3.60. The third-order valence-electron chi connectivity index (χ3n) is 5.83. The minimum atomic E-state index is -0.663. The van der Waals surface area contributed by atoms with Crippen LogP contribution in [0.3, 0.4) is 0 Å². The summed E-state index contributed by atoms with van der Waals surface area (Å²) in [5.41, 5.74) is -0.215. The molecule has 2 aliphatic carbocycles. The van der Waals surface area contributed by atoms with Gasteiger partial charge in [0.05, 0.1) is 5.60 Å². The minimum absolute atomic E-state index is 0.0242. The maximum atomic E-state index is 11.6. The normalized spacial score (nSPS) is 51.6. The minimum Gasteiger partial charge on any atom is -0.458 e. The molecule has 3 heteroatoms. The van der Waals surface area contributed by atoms with Crippen LogP contribution in [0, 0.1) is 17.3 Å². The topological polar surface area (TPSA) is 46.5 Å². The van der Waals surface area contributed by atoms with Gasteiger partial charge in [-0.05, 0) is 31.6 Å². The van der Waals surface area contributed by atoms with E-state index in [1.54, 1.807) is 0 Å². The van der Waals surface area contributed by atoms with Gasteiger partial charge in [0, 0.05) is 16.9 Å². The van der Waals surface area contributed by atoms with Crippen LogP contribution in [0.4, 0.5) is 0 Å². The van der Waals surface area contributed by atoms with Gasteiger partial charge in [-0.2, -0.15) is 0 Å². The highest BCUT2D eigenvalue weighted by Crippen LogP contribution is 2.59. The molecule has 1 aliphatic heterocycles. The molecule has 0 radical (unpaired) electrons. The van der Waals surface area contributed by atoms with Crippen LogP contribution in [-0.4, -0.2) is 22.8 Å². The lowest BCUT2D eigenvalue weighted by Crippen LogP contribution is -2.59. The molecule has 3 nitrogen and oxygen atoms in total. The molecule has 2 unspecified atom stereocenters. The molecule has 3 aliphatic rings. The van der Waals surface area contributed by atoms with Crippen molar-refractivity contribution in [2.45, 2.75) is 57.7 Å². The van der Waals surface area contributed by atoms with E-state index in [1.165, 1.54) is 0 Å². The first-order valence-electron chi connectivity index (χ1n) is 6.99. The smallest absolute Gasteiger partial charge is 0.334 e. The molecule has 0 aromatic rings. The Balaban J connectivity index is 1.97. The fourth-order valence-corrected chi connectivity index (χ4v) is 4.46. The summed E-state index contributed by atoms with van der Waals surface area (Å²) >= 11 is 0. The zero-order chi connectivity index (χ0) is 13.1. The lowest BCUT2D eigenvalue weighted by Gasteiger charge is -2.57. The predicted octanol–water partition coefficient (Wildman–Crippen LogP) is 2.44. The van der Waals surface area contributed by atoms with Gasteiger partial charge < -0.3 is 9.84 Å². The van der Waals surface area contributed by atoms with Gasteiger partial charge in [-0.15, -0.1) is 0 Å². The first-order valence-corrected chi connectivity index (χ1v) is 6.99. The predicted molar refractivity (Wildman–Crippen MR) is 67.8 cm³/mol. The fourth-order valence-electron chi connectivity index (χ4n) is 4.46. The molecule has 100 valence electrons. The Morgan fingerprint density at radius 3 is 2.89 bits per heavy atom. The first kappa shape index (κ1) is 12.2. The van der Waals surface area contributed by atoms with Crippen LogP contribution in [-0.2, 0) is 9.53 Å². The average Bonchev–Trinajstić information content (AvgIpc) is 2.55. The lowest BCUT2D eigenvalue weighted by molar-refractivity contribution is -0.194. The Hall–Kier alpha value is -0.830. The summed E-state index contributed by atoms with van der Waals surface area (Å²) in [5.74, 6) is 0.0559. The van der Waals surface area contributed by atoms with E-state index >= 15 is 0 Å². The van der Waals surface area contributed by atoms with E-state index in [9.17, 15) is 9.90 Å². The van der Waals surface area contributed by atoms with Crippen molar-refractivity contribution in [1.29, 1.82) is 0 Å². The third kappa shape index (κ3) is 1.37. The molecular weight excluding hydrogens is 228 g/mol. The number of ether oxygens (including phenoxy) is 1. The number of hydrogen-bond acceptors (Lipinski definition) is 3. The Labute approximate surface area is 108 Å². The molecule has 1 saturated heterocycles. The molecule has 0 amide bonds. The molecule has 5 atom stereocenters. The van der Waals surface area contributed by atoms with E-state index in [1.807, 2.05) is 0 Å². The molecule has 3 rings (SSSR count). The molecule has 2 saturated carbocycles. The Morgan fingerprint density at radius 2 is 2.17 bits per heavy atom. The van der Waals surface area contributed by atoms with Crippen molar-refractivity contribution in [2.75, 3.05) is 0 Å². The van der Waals surface area contributed by atoms with Crippen LogP contribution in [0.2, 0.25) is 0 Å². The highest BCUT2D eigenvalue weighted by Gasteiger charge is 2.61. The molecule has 0 spiro atoms. The Bertz CT molecular complexity index is 416. The highest BCUT2D eigenvalue weighted by molar-refractivity contribution is 5.90. The summed E-state index contributed by atoms with van der Waals surface area (Å²) < 4.78 is 5.42. The number of rotatable bonds is 0. The standard InChI is InChI=1S/C15H22O3/c1-9-5-4-6-14(3)8-12-11(7-15(9,14)17)10(2)13(16)18-12/h9,11-12,17H,2,4-8H2,1,3H3/t9-,11?,12?,14+,15+/m0/s1. The summed E-state index contributed by atoms with van der Waals surface area (Å²) in [6.45, 7) is 8.15. The maximum Gasteiger partial charge on any atom is 0.334 e. The molecule has 0 aromatic carbocycles. The molecule has 3 fully saturated rings. The van der Waals surface area contributed by atoms with Crippen molar-refractivity contribution < 1.29 is 14.6 Å². The van der Waals surface area contributed by atoms with E-state index in [4.69, 9.17) is 4.74 Å². The van der Waals surface area contributed by atoms with Crippen molar-refractivity contribution >= 4 is 5.97 Å². The highest BCUT2D eigenvalue weighted by atomic mass is 16.6. The summed E-state index contributed by atoms with van der Waals surface area (Å²) in [5, 5.41) is 11.2. The van der Waals surface area contributed by atoms with Gasteiger partial charge in [0.25, 0.3) is 0 Å². The number of carbonyl (C=O) groups is 1. The van der Waals surface area contributed by atoms with Gasteiger partial charge >= 0.3 is 5.97 Å². The van der Waals surface area contributed by atoms with Gasteiger partial charge in [-0.1, -0.05) is 26.8 Å². The third-order valence-corrected chi connectivity index (χ3v) is 5.83. The van der Waals surface area contributed by atoms with E-state index in [0.29, 0.717) is 17.9 Å². The largest absolute Gasteiger partial charge is 0.458 e. The van der Waals surface area contributed by atoms with Crippen LogP contribution < -0.4 is 0 Å². The van der Waals surface area contributed by atoms with Gasteiger partial charge in [0.15, 0.2) is 0 Å². The van der Waals surface area contributed by atoms with E-state index < -0.39 is 5.60 Å². The zero-order valence-corrected chi connectivity index (χ0v) is 11.2. The summed E-state index contributed by atoms with van der Waals surface area (Å²) in [6.07, 6.45) is 4.63. The average molecular weight is 250 g/mol. The molecule has 0 bridgehead atoms. The number of hydrogen-bond donors (Lipinski definition) is 1. The van der Waals surface area contributed by atoms with Crippen LogP contribution in [0.15, 0.2) is 12.2 Å². The van der Waals surface area contributed by atoms with E-state index in [0.717, 1.165) is 25.7 Å². The van der Waals surface area contributed by atoms with Crippen molar-refractivity contribution in [3.05, 3.63) is 12.2 Å². The number of esters is 1. The SMILES string of the molecule is C=C1C(=O)OC2C[C@@]3(C)CCC[C@H](C)[C@]3(O)CC12. The summed E-state index contributed by atoms with van der Waals surface area (Å²) in [4.78, 5) is 11.6. The zero-order valence-electron chi connectivity index (χ0n) is 11.2. The van der Waals surface area contributed by atoms with Crippen molar-refractivity contribution in [3.8, 4) is 0 Å². The first-order chi connectivity index (χ1) is 8.37. The van der Waals surface area contributed by atoms with Crippen LogP contribution in [0.5, 0.6) is 0 Å². The van der Waals surface area contributed by atoms with Gasteiger partial charge in [0.2, 0.25) is 0 Å². The molecule has 1 heterocycles. The van der Waals surface area contributed by atoms with Crippen LogP contribution in [0.1, 0.15) is 46.0 Å². The van der Waals surface area contributed by atoms with Gasteiger partial charge in [0.1, 0.15) is 6.10 Å². The number of aliphatic hydroxyl groups is 1. The number of carbonyl (C=O) groups excluding carboxylic acids is 1. The second-order valence-electron chi connectivity index (χ2n) is 6.76. The van der Waals surface area contributed by atoms with Crippen molar-refractivity contribution in [1.82, 2.24) is 0 Å². The second-order valence-corrected chi connectivity index (χ2v) is 6.76. The maximum absolute atomic E-state index is 11.6. The Morgan fingerprint density at radius 1 is 1.44 bits per heavy atom. The summed E-state index contributed by atoms with van der Waals surface area (Å²) in [7, 11) is 0. The lowest BCUT2D eigenvalue weighted by atomic mass is 9.51. The van der Waals surface area contributed by atoms with Crippen molar-refractivity contribution in [3.63, 3.8) is 0 Å². The number of fused-ring (bicyclic) bond motifs is 2. The van der Waals surface area contributed by atoms with Gasteiger partial charge in [-0.3, -0.25) is 0 Å². The summed E-state index contributed by atoms with van der Waals surface area (Å²) in [6, 6.07) is 0. The molecule has 0 aromatic heterocycles. The monoisotopic (exact) mass is 250 g/mol.